The second-order valence-electron chi connectivity index (χ2n) is 5.20. The standard InChI is InChI=1S/C15H16FN3O3/c1-10-7-11(2)19(17-10)15(20)8-13(9-18(21)22)12-3-5-14(16)6-4-12/h3-7,13H,8-9H2,1-2H3. The molecule has 116 valence electrons. The Morgan fingerprint density at radius 1 is 1.36 bits per heavy atom. The van der Waals surface area contributed by atoms with E-state index in [-0.39, 0.29) is 12.3 Å². The van der Waals surface area contributed by atoms with Gasteiger partial charge in [0.15, 0.2) is 0 Å². The quantitative estimate of drug-likeness (QED) is 0.628. The average molecular weight is 305 g/mol. The first kappa shape index (κ1) is 15.8. The van der Waals surface area contributed by atoms with Crippen LogP contribution in [0, 0.1) is 29.8 Å². The first-order valence-electron chi connectivity index (χ1n) is 6.80. The Kier molecular flexibility index (Phi) is 4.65. The van der Waals surface area contributed by atoms with Gasteiger partial charge in [0, 0.05) is 17.0 Å². The molecule has 0 saturated heterocycles. The highest BCUT2D eigenvalue weighted by Crippen LogP contribution is 2.21. The number of carbonyl (C=O) groups excluding carboxylic acids is 1. The van der Waals surface area contributed by atoms with E-state index in [4.69, 9.17) is 0 Å². The van der Waals surface area contributed by atoms with E-state index in [0.717, 1.165) is 0 Å². The van der Waals surface area contributed by atoms with Crippen molar-refractivity contribution in [1.82, 2.24) is 9.78 Å². The van der Waals surface area contributed by atoms with E-state index in [1.165, 1.54) is 28.9 Å². The molecule has 2 rings (SSSR count). The number of benzene rings is 1. The van der Waals surface area contributed by atoms with Crippen LogP contribution in [-0.2, 0) is 0 Å². The van der Waals surface area contributed by atoms with E-state index in [9.17, 15) is 19.3 Å². The van der Waals surface area contributed by atoms with Crippen LogP contribution in [0.4, 0.5) is 4.39 Å². The van der Waals surface area contributed by atoms with Gasteiger partial charge in [0.25, 0.3) is 0 Å². The molecule has 1 aromatic heterocycles. The van der Waals surface area contributed by atoms with Gasteiger partial charge in [-0.3, -0.25) is 14.9 Å². The van der Waals surface area contributed by atoms with E-state index in [2.05, 4.69) is 5.10 Å². The van der Waals surface area contributed by atoms with Crippen LogP contribution in [0.15, 0.2) is 30.3 Å². The fourth-order valence-corrected chi connectivity index (χ4v) is 2.38. The van der Waals surface area contributed by atoms with Crippen LogP contribution < -0.4 is 0 Å². The Bertz CT molecular complexity index is 695. The second-order valence-corrected chi connectivity index (χ2v) is 5.20. The molecule has 22 heavy (non-hydrogen) atoms. The van der Waals surface area contributed by atoms with Crippen molar-refractivity contribution in [3.8, 4) is 0 Å². The molecular formula is C15H16FN3O3. The van der Waals surface area contributed by atoms with Gasteiger partial charge in [-0.25, -0.2) is 9.07 Å². The zero-order valence-corrected chi connectivity index (χ0v) is 12.3. The maximum atomic E-state index is 13.0. The Labute approximate surface area is 126 Å². The monoisotopic (exact) mass is 305 g/mol. The number of hydrogen-bond acceptors (Lipinski definition) is 4. The van der Waals surface area contributed by atoms with Gasteiger partial charge < -0.3 is 0 Å². The van der Waals surface area contributed by atoms with Crippen molar-refractivity contribution in [2.75, 3.05) is 6.54 Å². The molecule has 0 fully saturated rings. The summed E-state index contributed by atoms with van der Waals surface area (Å²) in [6.07, 6.45) is -0.0609. The Morgan fingerprint density at radius 3 is 2.50 bits per heavy atom. The average Bonchev–Trinajstić information content (AvgIpc) is 2.77. The van der Waals surface area contributed by atoms with Crippen LogP contribution in [0.1, 0.15) is 34.1 Å². The van der Waals surface area contributed by atoms with Crippen molar-refractivity contribution in [1.29, 1.82) is 0 Å². The Balaban J connectivity index is 2.23. The number of hydrogen-bond donors (Lipinski definition) is 0. The zero-order chi connectivity index (χ0) is 16.3. The van der Waals surface area contributed by atoms with Gasteiger partial charge >= 0.3 is 0 Å². The topological polar surface area (TPSA) is 78.0 Å². The molecule has 7 heteroatoms. The predicted octanol–water partition coefficient (Wildman–Crippen LogP) is 2.73. The third kappa shape index (κ3) is 3.75. The van der Waals surface area contributed by atoms with Crippen molar-refractivity contribution in [3.63, 3.8) is 0 Å². The third-order valence-electron chi connectivity index (χ3n) is 3.38. The fraction of sp³-hybridized carbons (Fsp3) is 0.333. The Hall–Kier alpha value is -2.57. The van der Waals surface area contributed by atoms with Crippen LogP contribution >= 0.6 is 0 Å². The number of aromatic nitrogens is 2. The zero-order valence-electron chi connectivity index (χ0n) is 12.3. The minimum atomic E-state index is -0.619. The third-order valence-corrected chi connectivity index (χ3v) is 3.38. The minimum absolute atomic E-state index is 0.0609. The lowest BCUT2D eigenvalue weighted by Crippen LogP contribution is -2.21. The van der Waals surface area contributed by atoms with Crippen molar-refractivity contribution in [3.05, 3.63) is 63.2 Å². The van der Waals surface area contributed by atoms with Crippen LogP contribution in [0.5, 0.6) is 0 Å². The van der Waals surface area contributed by atoms with E-state index in [1.54, 1.807) is 19.9 Å². The maximum absolute atomic E-state index is 13.0. The SMILES string of the molecule is Cc1cc(C)n(C(=O)CC(C[N+](=O)[O-])c2ccc(F)cc2)n1. The first-order chi connectivity index (χ1) is 10.4. The number of aryl methyl sites for hydroxylation is 2. The molecule has 0 N–H and O–H groups in total. The van der Waals surface area contributed by atoms with Crippen LogP contribution in [0.25, 0.3) is 0 Å². The summed E-state index contributed by atoms with van der Waals surface area (Å²) in [4.78, 5) is 22.7. The summed E-state index contributed by atoms with van der Waals surface area (Å²) >= 11 is 0. The summed E-state index contributed by atoms with van der Waals surface area (Å²) in [5.41, 5.74) is 1.95. The molecule has 1 aromatic carbocycles. The smallest absolute Gasteiger partial charge is 0.247 e. The van der Waals surface area contributed by atoms with E-state index in [1.807, 2.05) is 0 Å². The molecule has 0 saturated carbocycles. The molecule has 0 bridgehead atoms. The minimum Gasteiger partial charge on any atom is -0.273 e. The van der Waals surface area contributed by atoms with Crippen LogP contribution in [-0.4, -0.2) is 27.2 Å². The van der Waals surface area contributed by atoms with Gasteiger partial charge in [0.1, 0.15) is 5.82 Å². The Morgan fingerprint density at radius 2 is 2.00 bits per heavy atom. The van der Waals surface area contributed by atoms with Crippen LogP contribution in [0.2, 0.25) is 0 Å². The summed E-state index contributed by atoms with van der Waals surface area (Å²) < 4.78 is 14.2. The molecular weight excluding hydrogens is 289 g/mol. The number of halogens is 1. The highest BCUT2D eigenvalue weighted by atomic mass is 19.1. The molecule has 0 aliphatic heterocycles. The number of nitrogens with zero attached hydrogens (tertiary/aromatic N) is 3. The van der Waals surface area contributed by atoms with Gasteiger partial charge in [-0.2, -0.15) is 5.10 Å². The summed E-state index contributed by atoms with van der Waals surface area (Å²) in [5, 5.41) is 14.9. The summed E-state index contributed by atoms with van der Waals surface area (Å²) in [5.74, 6) is -1.36. The lowest BCUT2D eigenvalue weighted by atomic mass is 9.95. The summed E-state index contributed by atoms with van der Waals surface area (Å²) in [7, 11) is 0. The molecule has 0 radical (unpaired) electrons. The largest absolute Gasteiger partial charge is 0.273 e. The number of nitro groups is 1. The lowest BCUT2D eigenvalue weighted by Gasteiger charge is -2.13. The fourth-order valence-electron chi connectivity index (χ4n) is 2.38. The molecule has 1 heterocycles. The highest BCUT2D eigenvalue weighted by Gasteiger charge is 2.23. The molecule has 1 unspecified atom stereocenters. The van der Waals surface area contributed by atoms with Gasteiger partial charge in [-0.15, -0.1) is 0 Å². The maximum Gasteiger partial charge on any atom is 0.247 e. The number of carbonyl (C=O) groups is 1. The van der Waals surface area contributed by atoms with Gasteiger partial charge in [0.2, 0.25) is 12.5 Å². The van der Waals surface area contributed by atoms with E-state index in [0.29, 0.717) is 17.0 Å². The van der Waals surface area contributed by atoms with Gasteiger partial charge in [-0.1, -0.05) is 12.1 Å². The van der Waals surface area contributed by atoms with E-state index >= 15 is 0 Å². The molecule has 0 aliphatic rings. The molecule has 0 spiro atoms. The van der Waals surface area contributed by atoms with Crippen molar-refractivity contribution < 1.29 is 14.1 Å². The second kappa shape index (κ2) is 6.46. The highest BCUT2D eigenvalue weighted by molar-refractivity contribution is 5.79. The lowest BCUT2D eigenvalue weighted by molar-refractivity contribution is -0.483. The molecule has 2 aromatic rings. The molecule has 0 amide bonds. The summed E-state index contributed by atoms with van der Waals surface area (Å²) in [6, 6.07) is 7.17. The molecule has 1 atom stereocenters. The van der Waals surface area contributed by atoms with Gasteiger partial charge in [0.05, 0.1) is 11.6 Å². The molecule has 0 aliphatic carbocycles. The summed E-state index contributed by atoms with van der Waals surface area (Å²) in [6.45, 7) is 3.13. The molecule has 6 nitrogen and oxygen atoms in total. The predicted molar refractivity (Wildman–Crippen MR) is 77.9 cm³/mol. The van der Waals surface area contributed by atoms with Crippen molar-refractivity contribution in [2.45, 2.75) is 26.2 Å². The normalized spacial score (nSPS) is 12.1. The van der Waals surface area contributed by atoms with Crippen molar-refractivity contribution in [2.24, 2.45) is 0 Å². The van der Waals surface area contributed by atoms with Crippen LogP contribution in [0.3, 0.4) is 0 Å². The number of rotatable bonds is 5. The first-order valence-corrected chi connectivity index (χ1v) is 6.80. The van der Waals surface area contributed by atoms with Gasteiger partial charge in [-0.05, 0) is 37.6 Å². The van der Waals surface area contributed by atoms with Crippen molar-refractivity contribution >= 4 is 5.91 Å². The van der Waals surface area contributed by atoms with E-state index < -0.39 is 23.2 Å².